The van der Waals surface area contributed by atoms with Crippen molar-refractivity contribution in [3.8, 4) is 5.75 Å². The van der Waals surface area contributed by atoms with Crippen LogP contribution in [0.3, 0.4) is 0 Å². The Bertz CT molecular complexity index is 717. The number of hydrogen-bond donors (Lipinski definition) is 2. The second-order valence-electron chi connectivity index (χ2n) is 5.02. The van der Waals surface area contributed by atoms with Crippen molar-refractivity contribution in [2.45, 2.75) is 19.1 Å². The number of benzene rings is 2. The minimum absolute atomic E-state index is 0.00402. The lowest BCUT2D eigenvalue weighted by atomic mass is 10.1. The molecule has 0 aliphatic heterocycles. The monoisotopic (exact) mass is 349 g/mol. The molecule has 126 valence electrons. The number of hydrogen-bond acceptors (Lipinski definition) is 5. The molecule has 0 fully saturated rings. The summed E-state index contributed by atoms with van der Waals surface area (Å²) in [6.45, 7) is 0.00402. The summed E-state index contributed by atoms with van der Waals surface area (Å²) in [6.07, 6.45) is -0.669. The molecule has 0 aliphatic carbocycles. The van der Waals surface area contributed by atoms with Gasteiger partial charge in [-0.25, -0.2) is 4.79 Å². The number of nitrogens with two attached hydrogens (primary N) is 1. The van der Waals surface area contributed by atoms with Gasteiger partial charge in [-0.15, -0.1) is 0 Å². The smallest absolute Gasteiger partial charge is 0.480 e. The molecule has 7 heteroatoms. The summed E-state index contributed by atoms with van der Waals surface area (Å²) in [6, 6.07) is 12.4. The summed E-state index contributed by atoms with van der Waals surface area (Å²) >= 11 is 5.96. The molecule has 0 aromatic heterocycles. The van der Waals surface area contributed by atoms with Crippen LogP contribution in [0, 0.1) is 0 Å². The normalized spacial score (nSPS) is 11.6. The Morgan fingerprint density at radius 2 is 1.79 bits per heavy atom. The van der Waals surface area contributed by atoms with E-state index in [0.29, 0.717) is 10.6 Å². The fourth-order valence-corrected chi connectivity index (χ4v) is 2.10. The van der Waals surface area contributed by atoms with Crippen LogP contribution in [0.15, 0.2) is 48.5 Å². The maximum atomic E-state index is 11.7. The van der Waals surface area contributed by atoms with Crippen molar-refractivity contribution < 1.29 is 24.2 Å². The molecular formula is C17H16ClNO5. The summed E-state index contributed by atoms with van der Waals surface area (Å²) in [5, 5.41) is 9.27. The van der Waals surface area contributed by atoms with Crippen LogP contribution in [0.2, 0.25) is 5.02 Å². The van der Waals surface area contributed by atoms with E-state index in [1.807, 2.05) is 0 Å². The van der Waals surface area contributed by atoms with Crippen molar-refractivity contribution in [1.82, 2.24) is 0 Å². The Balaban J connectivity index is 1.86. The lowest BCUT2D eigenvalue weighted by Gasteiger charge is -2.09. The van der Waals surface area contributed by atoms with Crippen LogP contribution in [-0.4, -0.2) is 23.3 Å². The lowest BCUT2D eigenvalue weighted by molar-refractivity contribution is -0.138. The summed E-state index contributed by atoms with van der Waals surface area (Å²) < 4.78 is 10.0. The Morgan fingerprint density at radius 1 is 1.12 bits per heavy atom. The number of ether oxygens (including phenoxy) is 2. The second-order valence-corrected chi connectivity index (χ2v) is 5.43. The van der Waals surface area contributed by atoms with Crippen LogP contribution < -0.4 is 10.5 Å². The average Bonchev–Trinajstić information content (AvgIpc) is 2.56. The molecule has 24 heavy (non-hydrogen) atoms. The van der Waals surface area contributed by atoms with Gasteiger partial charge in [-0.05, 0) is 30.2 Å². The number of halogens is 1. The van der Waals surface area contributed by atoms with Crippen LogP contribution in [0.1, 0.15) is 11.1 Å². The van der Waals surface area contributed by atoms with Gasteiger partial charge >= 0.3 is 12.1 Å². The van der Waals surface area contributed by atoms with Crippen molar-refractivity contribution >= 4 is 23.7 Å². The molecule has 0 saturated heterocycles. The fraction of sp³-hybridized carbons (Fsp3) is 0.176. The van der Waals surface area contributed by atoms with E-state index in [1.165, 1.54) is 0 Å². The van der Waals surface area contributed by atoms with Gasteiger partial charge in [-0.3, -0.25) is 4.79 Å². The van der Waals surface area contributed by atoms with Gasteiger partial charge in [0.15, 0.2) is 0 Å². The van der Waals surface area contributed by atoms with E-state index >= 15 is 0 Å². The number of carbonyl (C=O) groups is 2. The lowest BCUT2D eigenvalue weighted by Crippen LogP contribution is -2.32. The second kappa shape index (κ2) is 8.33. The predicted molar refractivity (Wildman–Crippen MR) is 88.0 cm³/mol. The molecule has 0 amide bonds. The van der Waals surface area contributed by atoms with Gasteiger partial charge in [-0.1, -0.05) is 41.9 Å². The minimum Gasteiger partial charge on any atom is -0.480 e. The number of carboxylic acid groups (broad SMARTS) is 1. The summed E-state index contributed by atoms with van der Waals surface area (Å²) in [5.74, 6) is -0.787. The van der Waals surface area contributed by atoms with Gasteiger partial charge in [0.2, 0.25) is 0 Å². The SMILES string of the molecule is N[C@@H](Cc1ccc(OC(=O)OCc2ccccc2Cl)cc1)C(=O)O. The van der Waals surface area contributed by atoms with E-state index in [9.17, 15) is 9.59 Å². The maximum absolute atomic E-state index is 11.7. The van der Waals surface area contributed by atoms with E-state index in [0.717, 1.165) is 5.56 Å². The van der Waals surface area contributed by atoms with E-state index in [-0.39, 0.29) is 18.8 Å². The minimum atomic E-state index is -1.07. The highest BCUT2D eigenvalue weighted by Crippen LogP contribution is 2.17. The zero-order valence-electron chi connectivity index (χ0n) is 12.6. The molecule has 0 unspecified atom stereocenters. The standard InChI is InChI=1S/C17H16ClNO5/c18-14-4-2-1-3-12(14)10-23-17(22)24-13-7-5-11(6-8-13)9-15(19)16(20)21/h1-8,15H,9-10,19H2,(H,20,21)/t15-/m0/s1. The highest BCUT2D eigenvalue weighted by Gasteiger charge is 2.13. The van der Waals surface area contributed by atoms with Crippen molar-refractivity contribution in [2.75, 3.05) is 0 Å². The molecule has 0 saturated carbocycles. The Morgan fingerprint density at radius 3 is 2.42 bits per heavy atom. The summed E-state index contributed by atoms with van der Waals surface area (Å²) in [4.78, 5) is 22.4. The predicted octanol–water partition coefficient (Wildman–Crippen LogP) is 3.01. The van der Waals surface area contributed by atoms with E-state index in [1.54, 1.807) is 48.5 Å². The molecule has 0 bridgehead atoms. The van der Waals surface area contributed by atoms with Gasteiger partial charge in [0, 0.05) is 10.6 Å². The zero-order chi connectivity index (χ0) is 17.5. The van der Waals surface area contributed by atoms with Gasteiger partial charge in [0.05, 0.1) is 0 Å². The third kappa shape index (κ3) is 5.26. The first kappa shape index (κ1) is 17.8. The largest absolute Gasteiger partial charge is 0.514 e. The first-order chi connectivity index (χ1) is 11.5. The Labute approximate surface area is 143 Å². The Hall–Kier alpha value is -2.57. The molecule has 2 aromatic carbocycles. The van der Waals surface area contributed by atoms with Crippen LogP contribution in [0.4, 0.5) is 4.79 Å². The molecule has 0 radical (unpaired) electrons. The molecule has 1 atom stereocenters. The van der Waals surface area contributed by atoms with Crippen molar-refractivity contribution in [2.24, 2.45) is 5.73 Å². The van der Waals surface area contributed by atoms with Gasteiger partial charge in [0.25, 0.3) is 0 Å². The molecule has 0 aliphatic rings. The van der Waals surface area contributed by atoms with Crippen LogP contribution in [0.5, 0.6) is 5.75 Å². The molecule has 6 nitrogen and oxygen atoms in total. The summed E-state index contributed by atoms with van der Waals surface area (Å²) in [5.41, 5.74) is 6.86. The molecule has 2 aromatic rings. The van der Waals surface area contributed by atoms with Gasteiger partial charge in [-0.2, -0.15) is 0 Å². The number of carbonyl (C=O) groups excluding carboxylic acids is 1. The average molecular weight is 350 g/mol. The highest BCUT2D eigenvalue weighted by molar-refractivity contribution is 6.31. The van der Waals surface area contributed by atoms with Crippen LogP contribution in [-0.2, 0) is 22.6 Å². The first-order valence-corrected chi connectivity index (χ1v) is 7.49. The first-order valence-electron chi connectivity index (χ1n) is 7.11. The Kier molecular flexibility index (Phi) is 6.17. The molecule has 3 N–H and O–H groups in total. The van der Waals surface area contributed by atoms with E-state index in [4.69, 9.17) is 31.9 Å². The van der Waals surface area contributed by atoms with Crippen LogP contribution in [0.25, 0.3) is 0 Å². The van der Waals surface area contributed by atoms with Crippen molar-refractivity contribution in [3.05, 3.63) is 64.7 Å². The number of aliphatic carboxylic acids is 1. The third-order valence-corrected chi connectivity index (χ3v) is 3.57. The molecule has 0 spiro atoms. The number of rotatable bonds is 6. The maximum Gasteiger partial charge on any atom is 0.514 e. The number of carboxylic acids is 1. The van der Waals surface area contributed by atoms with E-state index in [2.05, 4.69) is 0 Å². The van der Waals surface area contributed by atoms with E-state index < -0.39 is 18.2 Å². The third-order valence-electron chi connectivity index (χ3n) is 3.20. The molecule has 2 rings (SSSR count). The van der Waals surface area contributed by atoms with Gasteiger partial charge in [0.1, 0.15) is 18.4 Å². The summed E-state index contributed by atoms with van der Waals surface area (Å²) in [7, 11) is 0. The molecular weight excluding hydrogens is 334 g/mol. The molecule has 0 heterocycles. The van der Waals surface area contributed by atoms with Crippen molar-refractivity contribution in [3.63, 3.8) is 0 Å². The van der Waals surface area contributed by atoms with Crippen LogP contribution >= 0.6 is 11.6 Å². The highest BCUT2D eigenvalue weighted by atomic mass is 35.5. The topological polar surface area (TPSA) is 98.9 Å². The van der Waals surface area contributed by atoms with Crippen molar-refractivity contribution in [1.29, 1.82) is 0 Å². The quantitative estimate of drug-likeness (QED) is 0.614. The zero-order valence-corrected chi connectivity index (χ0v) is 13.4. The van der Waals surface area contributed by atoms with Gasteiger partial charge < -0.3 is 20.3 Å². The fourth-order valence-electron chi connectivity index (χ4n) is 1.91.